The fraction of sp³-hybridized carbons (Fsp3) is 0.167. The lowest BCUT2D eigenvalue weighted by Gasteiger charge is -2.15. The van der Waals surface area contributed by atoms with Crippen LogP contribution in [-0.2, 0) is 4.79 Å². The Kier molecular flexibility index (Phi) is 3.64. The Hall–Kier alpha value is -2.18. The van der Waals surface area contributed by atoms with Gasteiger partial charge in [-0.1, -0.05) is 18.2 Å². The van der Waals surface area contributed by atoms with Gasteiger partial charge in [-0.2, -0.15) is 0 Å². The normalized spacial score (nSPS) is 11.3. The highest BCUT2D eigenvalue weighted by atomic mass is 19.3. The maximum atomic E-state index is 13.1. The summed E-state index contributed by atoms with van der Waals surface area (Å²) in [5, 5.41) is 1.93. The van der Waals surface area contributed by atoms with E-state index in [9.17, 15) is 22.4 Å². The third kappa shape index (κ3) is 2.35. The molecule has 0 unspecified atom stereocenters. The number of fused-ring (bicyclic) bond motifs is 1. The van der Waals surface area contributed by atoms with Crippen molar-refractivity contribution in [1.29, 1.82) is 0 Å². The molecule has 19 heavy (non-hydrogen) atoms. The number of halogens is 4. The number of benzene rings is 1. The van der Waals surface area contributed by atoms with Gasteiger partial charge in [0.1, 0.15) is 5.69 Å². The third-order valence-corrected chi connectivity index (χ3v) is 2.59. The Morgan fingerprint density at radius 3 is 2.37 bits per heavy atom. The molecule has 1 heterocycles. The summed E-state index contributed by atoms with van der Waals surface area (Å²) >= 11 is 0. The third-order valence-electron chi connectivity index (χ3n) is 2.59. The van der Waals surface area contributed by atoms with Gasteiger partial charge < -0.3 is 5.32 Å². The number of para-hydroxylation sites is 1. The predicted octanol–water partition coefficient (Wildman–Crippen LogP) is 3.68. The number of rotatable bonds is 4. The molecule has 7 heteroatoms. The van der Waals surface area contributed by atoms with E-state index in [0.717, 1.165) is 0 Å². The van der Waals surface area contributed by atoms with Gasteiger partial charge in [-0.25, -0.2) is 22.5 Å². The summed E-state index contributed by atoms with van der Waals surface area (Å²) < 4.78 is 51.9. The molecule has 1 N–H and O–H groups in total. The first-order valence-corrected chi connectivity index (χ1v) is 5.25. The number of anilines is 1. The van der Waals surface area contributed by atoms with Crippen LogP contribution in [0.1, 0.15) is 24.1 Å². The van der Waals surface area contributed by atoms with Gasteiger partial charge >= 0.3 is 0 Å². The molecule has 0 saturated carbocycles. The highest BCUT2D eigenvalue weighted by Gasteiger charge is 2.25. The van der Waals surface area contributed by atoms with Crippen molar-refractivity contribution < 1.29 is 22.4 Å². The van der Waals surface area contributed by atoms with Crippen LogP contribution in [0, 0.1) is 0 Å². The van der Waals surface area contributed by atoms with E-state index < -0.39 is 29.8 Å². The smallest absolute Gasteiger partial charge is 0.282 e. The van der Waals surface area contributed by atoms with Crippen LogP contribution in [0.2, 0.25) is 0 Å². The molecule has 100 valence electrons. The molecule has 1 aromatic heterocycles. The summed E-state index contributed by atoms with van der Waals surface area (Å²) in [6.45, 7) is 0. The summed E-state index contributed by atoms with van der Waals surface area (Å²) in [6, 6.07) is 5.70. The van der Waals surface area contributed by atoms with E-state index in [1.165, 1.54) is 24.3 Å². The Labute approximate surface area is 105 Å². The van der Waals surface area contributed by atoms with Crippen LogP contribution >= 0.6 is 0 Å². The topological polar surface area (TPSA) is 42.0 Å². The van der Waals surface area contributed by atoms with E-state index >= 15 is 0 Å². The fourth-order valence-electron chi connectivity index (χ4n) is 1.85. The molecule has 0 fully saturated rings. The number of amides is 1. The summed E-state index contributed by atoms with van der Waals surface area (Å²) in [4.78, 5) is 14.1. The lowest BCUT2D eigenvalue weighted by Crippen LogP contribution is -2.07. The number of aromatic nitrogens is 1. The molecule has 3 nitrogen and oxygen atoms in total. The molecule has 0 saturated heterocycles. The second-order valence-corrected chi connectivity index (χ2v) is 3.67. The molecule has 0 aliphatic rings. The summed E-state index contributed by atoms with van der Waals surface area (Å²) in [7, 11) is 0. The number of hydrogen-bond acceptors (Lipinski definition) is 2. The number of alkyl halides is 4. The molecular weight excluding hydrogens is 264 g/mol. The number of hydrogen-bond donors (Lipinski definition) is 1. The number of nitrogens with one attached hydrogen (secondary N) is 1. The van der Waals surface area contributed by atoms with E-state index in [-0.39, 0.29) is 17.3 Å². The monoisotopic (exact) mass is 272 g/mol. The van der Waals surface area contributed by atoms with Crippen molar-refractivity contribution in [3.63, 3.8) is 0 Å². The number of carbonyl (C=O) groups is 1. The van der Waals surface area contributed by atoms with Crippen LogP contribution in [-0.4, -0.2) is 11.4 Å². The van der Waals surface area contributed by atoms with Crippen molar-refractivity contribution >= 4 is 23.0 Å². The van der Waals surface area contributed by atoms with Crippen LogP contribution in [0.3, 0.4) is 0 Å². The van der Waals surface area contributed by atoms with E-state index in [1.807, 2.05) is 5.32 Å². The van der Waals surface area contributed by atoms with Gasteiger partial charge in [0.25, 0.3) is 12.9 Å². The molecule has 0 radical (unpaired) electrons. The van der Waals surface area contributed by atoms with Gasteiger partial charge in [-0.15, -0.1) is 0 Å². The van der Waals surface area contributed by atoms with Crippen LogP contribution in [0.25, 0.3) is 10.9 Å². The first-order valence-electron chi connectivity index (χ1n) is 5.25. The van der Waals surface area contributed by atoms with Crippen LogP contribution in [0.15, 0.2) is 24.3 Å². The van der Waals surface area contributed by atoms with E-state index in [1.54, 1.807) is 0 Å². The second-order valence-electron chi connectivity index (χ2n) is 3.67. The van der Waals surface area contributed by atoms with Crippen molar-refractivity contribution in [2.75, 3.05) is 5.32 Å². The van der Waals surface area contributed by atoms with Gasteiger partial charge in [0, 0.05) is 5.39 Å². The Bertz CT molecular complexity index is 616. The van der Waals surface area contributed by atoms with Crippen LogP contribution < -0.4 is 5.32 Å². The van der Waals surface area contributed by atoms with E-state index in [4.69, 9.17) is 0 Å². The molecular formula is C12H8F4N2O. The first-order chi connectivity index (χ1) is 9.06. The molecule has 0 atom stereocenters. The highest BCUT2D eigenvalue weighted by molar-refractivity contribution is 5.91. The highest BCUT2D eigenvalue weighted by Crippen LogP contribution is 2.38. The molecule has 2 rings (SSSR count). The predicted molar refractivity (Wildman–Crippen MR) is 61.3 cm³/mol. The maximum Gasteiger partial charge on any atom is 0.282 e. The minimum absolute atomic E-state index is 0.0320. The fourth-order valence-corrected chi connectivity index (χ4v) is 1.85. The van der Waals surface area contributed by atoms with E-state index in [2.05, 4.69) is 4.98 Å². The van der Waals surface area contributed by atoms with Crippen molar-refractivity contribution in [3.05, 3.63) is 35.5 Å². The van der Waals surface area contributed by atoms with Gasteiger partial charge in [-0.3, -0.25) is 4.79 Å². The zero-order chi connectivity index (χ0) is 14.0. The molecule has 0 aliphatic heterocycles. The quantitative estimate of drug-likeness (QED) is 0.681. The van der Waals surface area contributed by atoms with Crippen molar-refractivity contribution in [2.45, 2.75) is 12.9 Å². The average Bonchev–Trinajstić information content (AvgIpc) is 2.37. The Balaban J connectivity index is 2.86. The lowest BCUT2D eigenvalue weighted by atomic mass is 10.1. The summed E-state index contributed by atoms with van der Waals surface area (Å²) in [5.74, 6) is 0. The van der Waals surface area contributed by atoms with Gasteiger partial charge in [0.15, 0.2) is 0 Å². The largest absolute Gasteiger partial charge is 0.327 e. The summed E-state index contributed by atoms with van der Waals surface area (Å²) in [5.41, 5.74) is -2.10. The van der Waals surface area contributed by atoms with Crippen molar-refractivity contribution in [1.82, 2.24) is 4.98 Å². The van der Waals surface area contributed by atoms with E-state index in [0.29, 0.717) is 0 Å². The number of carbonyl (C=O) groups excluding carboxylic acids is 1. The summed E-state index contributed by atoms with van der Waals surface area (Å²) in [6.07, 6.45) is -6.00. The van der Waals surface area contributed by atoms with Gasteiger partial charge in [0.05, 0.1) is 16.8 Å². The van der Waals surface area contributed by atoms with Gasteiger partial charge in [-0.05, 0) is 6.07 Å². The molecule has 1 aromatic carbocycles. The minimum Gasteiger partial charge on any atom is -0.327 e. The zero-order valence-corrected chi connectivity index (χ0v) is 9.41. The van der Waals surface area contributed by atoms with Crippen LogP contribution in [0.5, 0.6) is 0 Å². The average molecular weight is 272 g/mol. The molecule has 0 spiro atoms. The molecule has 0 aliphatic carbocycles. The zero-order valence-electron chi connectivity index (χ0n) is 9.41. The Morgan fingerprint density at radius 1 is 1.11 bits per heavy atom. The Morgan fingerprint density at radius 2 is 1.79 bits per heavy atom. The maximum absolute atomic E-state index is 13.1. The van der Waals surface area contributed by atoms with Gasteiger partial charge in [0.2, 0.25) is 6.41 Å². The molecule has 0 bridgehead atoms. The van der Waals surface area contributed by atoms with Crippen molar-refractivity contribution in [3.8, 4) is 0 Å². The number of nitrogens with zero attached hydrogens (tertiary/aromatic N) is 1. The molecule has 1 amide bonds. The second kappa shape index (κ2) is 5.21. The molecule has 2 aromatic rings. The van der Waals surface area contributed by atoms with Crippen molar-refractivity contribution in [2.24, 2.45) is 0 Å². The lowest BCUT2D eigenvalue weighted by molar-refractivity contribution is -0.105. The minimum atomic E-state index is -3.07. The first kappa shape index (κ1) is 13.3. The van der Waals surface area contributed by atoms with Crippen LogP contribution in [0.4, 0.5) is 23.2 Å². The number of pyridine rings is 1. The SMILES string of the molecule is O=CNc1c(C(F)F)nc2ccccc2c1C(F)F. The standard InChI is InChI=1S/C12H8F4N2O/c13-11(14)8-6-3-1-2-4-7(6)18-10(12(15)16)9(8)17-5-19/h1-5,11-12H,(H,17,19).